The number of benzene rings is 2. The van der Waals surface area contributed by atoms with E-state index >= 15 is 0 Å². The molecule has 0 radical (unpaired) electrons. The molecule has 3 rings (SSSR count). The molecule has 1 N–H and O–H groups in total. The van der Waals surface area contributed by atoms with E-state index in [1.165, 1.54) is 18.3 Å². The Kier molecular flexibility index (Phi) is 5.84. The molecule has 0 saturated carbocycles. The molecular formula is C21H17ClN2O3. The van der Waals surface area contributed by atoms with Crippen molar-refractivity contribution in [2.24, 2.45) is 0 Å². The Balaban J connectivity index is 1.83. The van der Waals surface area contributed by atoms with E-state index < -0.39 is 18.0 Å². The zero-order valence-electron chi connectivity index (χ0n) is 14.6. The highest BCUT2D eigenvalue weighted by molar-refractivity contribution is 6.29. The van der Waals surface area contributed by atoms with Crippen LogP contribution < -0.4 is 5.32 Å². The van der Waals surface area contributed by atoms with Crippen LogP contribution in [0.3, 0.4) is 0 Å². The van der Waals surface area contributed by atoms with E-state index in [-0.39, 0.29) is 10.7 Å². The summed E-state index contributed by atoms with van der Waals surface area (Å²) in [5.41, 5.74) is 2.48. The number of carbonyl (C=O) groups is 2. The molecule has 0 aliphatic rings. The third-order valence-electron chi connectivity index (χ3n) is 3.85. The molecule has 27 heavy (non-hydrogen) atoms. The molecule has 136 valence electrons. The van der Waals surface area contributed by atoms with Gasteiger partial charge in [0.1, 0.15) is 5.15 Å². The minimum Gasteiger partial charge on any atom is -0.444 e. The molecule has 0 saturated heterocycles. The molecule has 3 aromatic rings. The van der Waals surface area contributed by atoms with Crippen molar-refractivity contribution in [2.75, 3.05) is 5.32 Å². The molecule has 1 aromatic heterocycles. The van der Waals surface area contributed by atoms with Crippen molar-refractivity contribution in [3.8, 4) is 0 Å². The van der Waals surface area contributed by atoms with Crippen molar-refractivity contribution >= 4 is 29.2 Å². The zero-order chi connectivity index (χ0) is 19.2. The number of esters is 1. The summed E-state index contributed by atoms with van der Waals surface area (Å²) in [5.74, 6) is -1.11. The van der Waals surface area contributed by atoms with Crippen molar-refractivity contribution in [2.45, 2.75) is 13.0 Å². The SMILES string of the molecule is Cc1ccc(NC(=O)C(OC(=O)c2ccnc(Cl)c2)c2ccccc2)cc1. The number of halogens is 1. The van der Waals surface area contributed by atoms with Gasteiger partial charge in [-0.05, 0) is 31.2 Å². The molecule has 0 aliphatic heterocycles. The van der Waals surface area contributed by atoms with E-state index in [9.17, 15) is 9.59 Å². The van der Waals surface area contributed by atoms with E-state index in [0.29, 0.717) is 11.3 Å². The van der Waals surface area contributed by atoms with Gasteiger partial charge in [-0.25, -0.2) is 9.78 Å². The summed E-state index contributed by atoms with van der Waals surface area (Å²) < 4.78 is 5.50. The predicted molar refractivity (Wildman–Crippen MR) is 104 cm³/mol. The van der Waals surface area contributed by atoms with Crippen LogP contribution in [0, 0.1) is 6.92 Å². The van der Waals surface area contributed by atoms with Gasteiger partial charge in [-0.2, -0.15) is 0 Å². The minimum absolute atomic E-state index is 0.171. The smallest absolute Gasteiger partial charge is 0.339 e. The number of hydrogen-bond donors (Lipinski definition) is 1. The number of amides is 1. The van der Waals surface area contributed by atoms with Gasteiger partial charge in [-0.15, -0.1) is 0 Å². The summed E-state index contributed by atoms with van der Waals surface area (Å²) in [6, 6.07) is 19.1. The second-order valence-electron chi connectivity index (χ2n) is 5.92. The van der Waals surface area contributed by atoms with E-state index in [2.05, 4.69) is 10.3 Å². The summed E-state index contributed by atoms with van der Waals surface area (Å²) in [4.78, 5) is 29.1. The highest BCUT2D eigenvalue weighted by Crippen LogP contribution is 2.22. The number of aryl methyl sites for hydroxylation is 1. The molecule has 1 atom stereocenters. The van der Waals surface area contributed by atoms with E-state index in [4.69, 9.17) is 16.3 Å². The number of rotatable bonds is 5. The number of nitrogens with one attached hydrogen (secondary N) is 1. The fourth-order valence-electron chi connectivity index (χ4n) is 2.45. The Morgan fingerprint density at radius 3 is 2.41 bits per heavy atom. The van der Waals surface area contributed by atoms with Crippen LogP contribution in [0.25, 0.3) is 0 Å². The highest BCUT2D eigenvalue weighted by Gasteiger charge is 2.26. The van der Waals surface area contributed by atoms with Crippen LogP contribution >= 0.6 is 11.6 Å². The second-order valence-corrected chi connectivity index (χ2v) is 6.31. The van der Waals surface area contributed by atoms with Crippen molar-refractivity contribution in [3.05, 3.63) is 94.8 Å². The Morgan fingerprint density at radius 2 is 1.74 bits per heavy atom. The minimum atomic E-state index is -1.10. The van der Waals surface area contributed by atoms with E-state index in [1.54, 1.807) is 36.4 Å². The summed E-state index contributed by atoms with van der Waals surface area (Å²) in [6.07, 6.45) is 0.301. The molecule has 0 fully saturated rings. The van der Waals surface area contributed by atoms with Gasteiger partial charge in [0.25, 0.3) is 5.91 Å². The van der Waals surface area contributed by atoms with Gasteiger partial charge in [0.15, 0.2) is 0 Å². The molecule has 1 amide bonds. The Morgan fingerprint density at radius 1 is 1.04 bits per heavy atom. The Hall–Kier alpha value is -3.18. The lowest BCUT2D eigenvalue weighted by Gasteiger charge is -2.18. The highest BCUT2D eigenvalue weighted by atomic mass is 35.5. The fraction of sp³-hybridized carbons (Fsp3) is 0.0952. The number of hydrogen-bond acceptors (Lipinski definition) is 4. The third-order valence-corrected chi connectivity index (χ3v) is 4.05. The van der Waals surface area contributed by atoms with Crippen molar-refractivity contribution < 1.29 is 14.3 Å². The number of anilines is 1. The molecular weight excluding hydrogens is 364 g/mol. The van der Waals surface area contributed by atoms with E-state index in [1.807, 2.05) is 25.1 Å². The second kappa shape index (κ2) is 8.47. The molecule has 1 heterocycles. The summed E-state index contributed by atoms with van der Waals surface area (Å²) in [5, 5.41) is 2.95. The topological polar surface area (TPSA) is 68.3 Å². The van der Waals surface area contributed by atoms with Crippen molar-refractivity contribution in [1.82, 2.24) is 4.98 Å². The molecule has 0 bridgehead atoms. The summed E-state index contributed by atoms with van der Waals surface area (Å²) in [6.45, 7) is 1.96. The van der Waals surface area contributed by atoms with Crippen molar-refractivity contribution in [3.63, 3.8) is 0 Å². The monoisotopic (exact) mass is 380 g/mol. The Bertz CT molecular complexity index is 943. The normalized spacial score (nSPS) is 11.5. The number of carbonyl (C=O) groups excluding carboxylic acids is 2. The molecule has 0 aliphatic carbocycles. The lowest BCUT2D eigenvalue weighted by atomic mass is 10.1. The van der Waals surface area contributed by atoms with Crippen LogP contribution in [0.1, 0.15) is 27.6 Å². The van der Waals surface area contributed by atoms with Crippen LogP contribution in [-0.2, 0) is 9.53 Å². The molecule has 6 heteroatoms. The summed E-state index contributed by atoms with van der Waals surface area (Å²) >= 11 is 5.83. The van der Waals surface area contributed by atoms with Gasteiger partial charge in [0.2, 0.25) is 6.10 Å². The molecule has 5 nitrogen and oxygen atoms in total. The van der Waals surface area contributed by atoms with Gasteiger partial charge in [0, 0.05) is 17.4 Å². The van der Waals surface area contributed by atoms with Crippen LogP contribution in [0.4, 0.5) is 5.69 Å². The largest absolute Gasteiger partial charge is 0.444 e. The number of pyridine rings is 1. The first-order valence-electron chi connectivity index (χ1n) is 8.28. The van der Waals surface area contributed by atoms with Crippen LogP contribution in [0.2, 0.25) is 5.15 Å². The average molecular weight is 381 g/mol. The lowest BCUT2D eigenvalue weighted by Crippen LogP contribution is -2.26. The quantitative estimate of drug-likeness (QED) is 0.519. The van der Waals surface area contributed by atoms with Crippen LogP contribution in [0.5, 0.6) is 0 Å². The van der Waals surface area contributed by atoms with E-state index in [0.717, 1.165) is 5.56 Å². The first-order valence-corrected chi connectivity index (χ1v) is 8.66. The number of ether oxygens (including phenoxy) is 1. The lowest BCUT2D eigenvalue weighted by molar-refractivity contribution is -0.125. The van der Waals surface area contributed by atoms with Crippen LogP contribution in [-0.4, -0.2) is 16.9 Å². The van der Waals surface area contributed by atoms with Crippen LogP contribution in [0.15, 0.2) is 72.9 Å². The zero-order valence-corrected chi connectivity index (χ0v) is 15.3. The third kappa shape index (κ3) is 4.92. The maximum Gasteiger partial charge on any atom is 0.339 e. The summed E-state index contributed by atoms with van der Waals surface area (Å²) in [7, 11) is 0. The average Bonchev–Trinajstić information content (AvgIpc) is 2.68. The van der Waals surface area contributed by atoms with Gasteiger partial charge in [0.05, 0.1) is 5.56 Å². The first-order chi connectivity index (χ1) is 13.0. The predicted octanol–water partition coefficient (Wildman–Crippen LogP) is 4.58. The maximum absolute atomic E-state index is 12.8. The van der Waals surface area contributed by atoms with Gasteiger partial charge < -0.3 is 10.1 Å². The Labute approximate surface area is 162 Å². The standard InChI is InChI=1S/C21H17ClN2O3/c1-14-7-9-17(10-8-14)24-20(25)19(15-5-3-2-4-6-15)27-21(26)16-11-12-23-18(22)13-16/h2-13,19H,1H3,(H,24,25). The molecule has 2 aromatic carbocycles. The van der Waals surface area contributed by atoms with Crippen molar-refractivity contribution in [1.29, 1.82) is 0 Å². The number of aromatic nitrogens is 1. The molecule has 1 unspecified atom stereocenters. The van der Waals surface area contributed by atoms with Gasteiger partial charge in [-0.1, -0.05) is 59.6 Å². The fourth-order valence-corrected chi connectivity index (χ4v) is 2.62. The molecule has 0 spiro atoms. The van der Waals surface area contributed by atoms with Gasteiger partial charge in [-0.3, -0.25) is 4.79 Å². The van der Waals surface area contributed by atoms with Gasteiger partial charge >= 0.3 is 5.97 Å². The number of nitrogens with zero attached hydrogens (tertiary/aromatic N) is 1. The first kappa shape index (κ1) is 18.6. The maximum atomic E-state index is 12.8.